The number of aromatic nitrogens is 2. The zero-order valence-corrected chi connectivity index (χ0v) is 17.8. The summed E-state index contributed by atoms with van der Waals surface area (Å²) in [5.41, 5.74) is -1.50. The SMILES string of the molecule is Cc1cc(=O)c(C(=O)N(C)C(C)c2cccc([N+](=O)[O-])c2)nn1-c1cccc(C(F)(F)F)c1. The number of nitro groups is 1. The van der Waals surface area contributed by atoms with Crippen LogP contribution in [0.5, 0.6) is 0 Å². The summed E-state index contributed by atoms with van der Waals surface area (Å²) >= 11 is 0. The molecule has 0 aliphatic carbocycles. The van der Waals surface area contributed by atoms with Gasteiger partial charge in [0.2, 0.25) is 5.43 Å². The average molecular weight is 460 g/mol. The predicted octanol–water partition coefficient (Wildman–Crippen LogP) is 4.30. The Hall–Kier alpha value is -4.02. The molecule has 0 aliphatic heterocycles. The lowest BCUT2D eigenvalue weighted by atomic mass is 10.1. The van der Waals surface area contributed by atoms with Crippen LogP contribution in [0.25, 0.3) is 5.69 Å². The Labute approximate surface area is 186 Å². The number of non-ortho nitro benzene ring substituents is 1. The van der Waals surface area contributed by atoms with Crippen molar-refractivity contribution in [2.75, 3.05) is 7.05 Å². The maximum atomic E-state index is 13.1. The van der Waals surface area contributed by atoms with E-state index in [0.29, 0.717) is 5.56 Å². The van der Waals surface area contributed by atoms with E-state index in [9.17, 15) is 32.9 Å². The van der Waals surface area contributed by atoms with E-state index in [1.165, 1.54) is 49.2 Å². The number of nitrogens with zero attached hydrogens (tertiary/aromatic N) is 4. The second-order valence-electron chi connectivity index (χ2n) is 7.40. The van der Waals surface area contributed by atoms with Gasteiger partial charge in [0.05, 0.1) is 22.2 Å². The van der Waals surface area contributed by atoms with Crippen LogP contribution < -0.4 is 5.43 Å². The Morgan fingerprint density at radius 1 is 1.15 bits per heavy atom. The van der Waals surface area contributed by atoms with Crippen LogP contribution in [0.1, 0.15) is 40.3 Å². The minimum atomic E-state index is -4.57. The van der Waals surface area contributed by atoms with E-state index in [2.05, 4.69) is 5.10 Å². The minimum absolute atomic E-state index is 0.0331. The van der Waals surface area contributed by atoms with Crippen molar-refractivity contribution in [2.45, 2.75) is 26.1 Å². The molecule has 0 radical (unpaired) electrons. The van der Waals surface area contributed by atoms with Gasteiger partial charge in [0, 0.05) is 30.9 Å². The summed E-state index contributed by atoms with van der Waals surface area (Å²) in [6, 6.07) is 10.5. The number of amides is 1. The molecule has 172 valence electrons. The van der Waals surface area contributed by atoms with Gasteiger partial charge in [-0.05, 0) is 37.6 Å². The largest absolute Gasteiger partial charge is 0.416 e. The Morgan fingerprint density at radius 3 is 2.45 bits per heavy atom. The fourth-order valence-electron chi connectivity index (χ4n) is 3.24. The fraction of sp³-hybridized carbons (Fsp3) is 0.227. The zero-order valence-electron chi connectivity index (χ0n) is 17.8. The van der Waals surface area contributed by atoms with Crippen LogP contribution in [0.3, 0.4) is 0 Å². The Morgan fingerprint density at radius 2 is 1.82 bits per heavy atom. The highest BCUT2D eigenvalue weighted by Crippen LogP contribution is 2.30. The van der Waals surface area contributed by atoms with Gasteiger partial charge >= 0.3 is 6.18 Å². The molecule has 3 rings (SSSR count). The van der Waals surface area contributed by atoms with Crippen LogP contribution in [-0.4, -0.2) is 32.6 Å². The second-order valence-corrected chi connectivity index (χ2v) is 7.40. The van der Waals surface area contributed by atoms with Crippen molar-refractivity contribution in [3.8, 4) is 5.69 Å². The molecule has 11 heteroatoms. The topological polar surface area (TPSA) is 98.3 Å². The van der Waals surface area contributed by atoms with Crippen molar-refractivity contribution >= 4 is 11.6 Å². The molecular weight excluding hydrogens is 441 g/mol. The third-order valence-electron chi connectivity index (χ3n) is 5.19. The summed E-state index contributed by atoms with van der Waals surface area (Å²) in [5, 5.41) is 15.1. The van der Waals surface area contributed by atoms with E-state index < -0.39 is 39.7 Å². The average Bonchev–Trinajstić information content (AvgIpc) is 2.77. The molecule has 1 unspecified atom stereocenters. The van der Waals surface area contributed by atoms with E-state index in [0.717, 1.165) is 22.9 Å². The maximum absolute atomic E-state index is 13.1. The molecule has 0 N–H and O–H groups in total. The molecule has 0 aliphatic rings. The highest BCUT2D eigenvalue weighted by Gasteiger charge is 2.31. The smallest absolute Gasteiger partial charge is 0.333 e. The Bertz CT molecular complexity index is 1290. The molecule has 0 saturated carbocycles. The van der Waals surface area contributed by atoms with Gasteiger partial charge in [-0.25, -0.2) is 4.68 Å². The van der Waals surface area contributed by atoms with E-state index in [-0.39, 0.29) is 17.1 Å². The Kier molecular flexibility index (Phi) is 6.34. The maximum Gasteiger partial charge on any atom is 0.416 e. The highest BCUT2D eigenvalue weighted by atomic mass is 19.4. The number of carbonyl (C=O) groups excluding carboxylic acids is 1. The van der Waals surface area contributed by atoms with E-state index in [1.807, 2.05) is 0 Å². The number of hydrogen-bond donors (Lipinski definition) is 0. The molecule has 1 amide bonds. The first-order valence-electron chi connectivity index (χ1n) is 9.70. The molecule has 0 saturated heterocycles. The molecule has 1 heterocycles. The summed E-state index contributed by atoms with van der Waals surface area (Å²) in [5.74, 6) is -0.778. The molecular formula is C22H19F3N4O4. The van der Waals surface area contributed by atoms with Crippen LogP contribution in [0.15, 0.2) is 59.4 Å². The van der Waals surface area contributed by atoms with E-state index >= 15 is 0 Å². The minimum Gasteiger partial charge on any atom is -0.333 e. The predicted molar refractivity (Wildman–Crippen MR) is 113 cm³/mol. The lowest BCUT2D eigenvalue weighted by Gasteiger charge is -2.25. The van der Waals surface area contributed by atoms with Crippen molar-refractivity contribution in [1.29, 1.82) is 0 Å². The molecule has 0 fully saturated rings. The van der Waals surface area contributed by atoms with Gasteiger partial charge in [-0.1, -0.05) is 18.2 Å². The number of rotatable bonds is 5. The first kappa shape index (κ1) is 23.6. The zero-order chi connectivity index (χ0) is 24.5. The molecule has 33 heavy (non-hydrogen) atoms. The van der Waals surface area contributed by atoms with Crippen molar-refractivity contribution < 1.29 is 22.9 Å². The van der Waals surface area contributed by atoms with Crippen LogP contribution in [0, 0.1) is 17.0 Å². The molecule has 2 aromatic carbocycles. The first-order chi connectivity index (χ1) is 15.4. The van der Waals surface area contributed by atoms with Crippen molar-refractivity contribution in [2.24, 2.45) is 0 Å². The molecule has 3 aromatic rings. The lowest BCUT2D eigenvalue weighted by molar-refractivity contribution is -0.384. The summed E-state index contributed by atoms with van der Waals surface area (Å²) < 4.78 is 40.4. The van der Waals surface area contributed by atoms with Crippen LogP contribution in [-0.2, 0) is 6.18 Å². The molecule has 1 atom stereocenters. The summed E-state index contributed by atoms with van der Waals surface area (Å²) in [6.45, 7) is 3.11. The van der Waals surface area contributed by atoms with Crippen LogP contribution in [0.2, 0.25) is 0 Å². The standard InChI is InChI=1S/C22H19F3N4O4/c1-13-10-19(30)20(26-28(13)17-8-5-7-16(12-17)22(23,24)25)21(31)27(3)14(2)15-6-4-9-18(11-15)29(32)33/h4-12,14H,1-3H3. The summed E-state index contributed by atoms with van der Waals surface area (Å²) in [6.07, 6.45) is -4.57. The van der Waals surface area contributed by atoms with Crippen molar-refractivity contribution in [3.63, 3.8) is 0 Å². The van der Waals surface area contributed by atoms with Crippen LogP contribution >= 0.6 is 0 Å². The number of halogens is 3. The number of nitro benzene ring substituents is 1. The van der Waals surface area contributed by atoms with Gasteiger partial charge in [-0.2, -0.15) is 18.3 Å². The highest BCUT2D eigenvalue weighted by molar-refractivity contribution is 5.92. The quantitative estimate of drug-likeness (QED) is 0.418. The normalized spacial score (nSPS) is 12.3. The number of hydrogen-bond acceptors (Lipinski definition) is 5. The number of carbonyl (C=O) groups is 1. The van der Waals surface area contributed by atoms with Gasteiger partial charge in [-0.15, -0.1) is 0 Å². The van der Waals surface area contributed by atoms with Crippen molar-refractivity contribution in [3.05, 3.63) is 97.4 Å². The third-order valence-corrected chi connectivity index (χ3v) is 5.19. The second kappa shape index (κ2) is 8.85. The molecule has 1 aromatic heterocycles. The van der Waals surface area contributed by atoms with Gasteiger partial charge in [0.1, 0.15) is 0 Å². The van der Waals surface area contributed by atoms with Gasteiger partial charge < -0.3 is 4.90 Å². The number of alkyl halides is 3. The van der Waals surface area contributed by atoms with Gasteiger partial charge in [0.25, 0.3) is 11.6 Å². The lowest BCUT2D eigenvalue weighted by Crippen LogP contribution is -2.35. The van der Waals surface area contributed by atoms with E-state index in [1.54, 1.807) is 13.0 Å². The summed E-state index contributed by atoms with van der Waals surface area (Å²) in [7, 11) is 1.40. The van der Waals surface area contributed by atoms with Crippen molar-refractivity contribution in [1.82, 2.24) is 14.7 Å². The van der Waals surface area contributed by atoms with Crippen LogP contribution in [0.4, 0.5) is 18.9 Å². The van der Waals surface area contributed by atoms with E-state index in [4.69, 9.17) is 0 Å². The number of benzene rings is 2. The molecule has 8 nitrogen and oxygen atoms in total. The fourth-order valence-corrected chi connectivity index (χ4v) is 3.24. The number of aryl methyl sites for hydroxylation is 1. The first-order valence-corrected chi connectivity index (χ1v) is 9.70. The summed E-state index contributed by atoms with van der Waals surface area (Å²) in [4.78, 5) is 37.2. The Balaban J connectivity index is 2.00. The monoisotopic (exact) mass is 460 g/mol. The van der Waals surface area contributed by atoms with Gasteiger partial charge in [-0.3, -0.25) is 19.7 Å². The third kappa shape index (κ3) is 4.92. The molecule has 0 bridgehead atoms. The van der Waals surface area contributed by atoms with Gasteiger partial charge in [0.15, 0.2) is 5.69 Å². The molecule has 0 spiro atoms.